The molecule has 2 aromatic carbocycles. The summed E-state index contributed by atoms with van der Waals surface area (Å²) >= 11 is 12.8. The van der Waals surface area contributed by atoms with Crippen molar-refractivity contribution < 1.29 is 0 Å². The first-order chi connectivity index (χ1) is 11.4. The predicted molar refractivity (Wildman–Crippen MR) is 103 cm³/mol. The van der Waals surface area contributed by atoms with E-state index in [0.717, 1.165) is 16.3 Å². The highest BCUT2D eigenvalue weighted by Crippen LogP contribution is 2.28. The first-order valence-corrected chi connectivity index (χ1v) is 8.89. The molecule has 0 saturated carbocycles. The molecular weight excluding hydrogens is 363 g/mol. The summed E-state index contributed by atoms with van der Waals surface area (Å²) < 4.78 is 0. The minimum atomic E-state index is -0.382. The van der Waals surface area contributed by atoms with E-state index in [2.05, 4.69) is 13.0 Å². The van der Waals surface area contributed by atoms with Crippen molar-refractivity contribution in [2.45, 2.75) is 30.1 Å². The molecule has 0 heterocycles. The second-order valence-corrected chi connectivity index (χ2v) is 7.23. The quantitative estimate of drug-likeness (QED) is 0.655. The Morgan fingerprint density at radius 3 is 2.21 bits per heavy atom. The summed E-state index contributed by atoms with van der Waals surface area (Å²) in [5.41, 5.74) is 1.08. The fraction of sp³-hybridized carbons (Fsp3) is 0.158. The van der Waals surface area contributed by atoms with Crippen LogP contribution < -0.4 is 10.9 Å². The summed E-state index contributed by atoms with van der Waals surface area (Å²) in [7, 11) is 0. The van der Waals surface area contributed by atoms with E-state index in [4.69, 9.17) is 23.2 Å². The van der Waals surface area contributed by atoms with Crippen LogP contribution in [0, 0.1) is 6.92 Å². The summed E-state index contributed by atoms with van der Waals surface area (Å²) in [4.78, 5) is 23.6. The van der Waals surface area contributed by atoms with Gasteiger partial charge in [0, 0.05) is 20.5 Å². The van der Waals surface area contributed by atoms with Gasteiger partial charge in [-0.2, -0.15) is 0 Å². The number of allylic oxidation sites excluding steroid dienone is 6. The molecule has 0 radical (unpaired) electrons. The lowest BCUT2D eigenvalue weighted by Gasteiger charge is -2.05. The molecule has 2 nitrogen and oxygen atoms in total. The first-order valence-electron chi connectivity index (χ1n) is 7.32. The average molecular weight is 379 g/mol. The molecule has 1 aliphatic rings. The number of benzene rings is 1. The molecular formula is C19H16Cl2O2S. The van der Waals surface area contributed by atoms with Gasteiger partial charge in [-0.25, -0.2) is 0 Å². The Bertz CT molecular complexity index is 863. The zero-order chi connectivity index (χ0) is 17.7. The van der Waals surface area contributed by atoms with E-state index < -0.39 is 0 Å². The third kappa shape index (κ3) is 4.97. The van der Waals surface area contributed by atoms with E-state index in [1.54, 1.807) is 19.1 Å². The summed E-state index contributed by atoms with van der Waals surface area (Å²) in [6.07, 6.45) is 9.03. The van der Waals surface area contributed by atoms with Crippen molar-refractivity contribution in [2.75, 3.05) is 0 Å². The van der Waals surface area contributed by atoms with Gasteiger partial charge in [-0.1, -0.05) is 58.8 Å². The maximum Gasteiger partial charge on any atom is 0.240 e. The summed E-state index contributed by atoms with van der Waals surface area (Å²) in [5.74, 6) is 0. The van der Waals surface area contributed by atoms with Crippen LogP contribution in [0.1, 0.15) is 18.9 Å². The molecule has 0 unspecified atom stereocenters. The van der Waals surface area contributed by atoms with Crippen molar-refractivity contribution in [2.24, 2.45) is 0 Å². The van der Waals surface area contributed by atoms with E-state index >= 15 is 0 Å². The van der Waals surface area contributed by atoms with Crippen LogP contribution in [0.2, 0.25) is 5.02 Å². The second-order valence-electron chi connectivity index (χ2n) is 5.27. The molecule has 0 bridgehead atoms. The van der Waals surface area contributed by atoms with Crippen molar-refractivity contribution in [1.29, 1.82) is 0 Å². The zero-order valence-electron chi connectivity index (χ0n) is 13.3. The van der Waals surface area contributed by atoms with E-state index in [-0.39, 0.29) is 10.9 Å². The fourth-order valence-corrected chi connectivity index (χ4v) is 3.15. The maximum absolute atomic E-state index is 11.2. The molecule has 0 aliphatic heterocycles. The summed E-state index contributed by atoms with van der Waals surface area (Å²) in [6.45, 7) is 3.74. The first kappa shape index (κ1) is 18.8. The van der Waals surface area contributed by atoms with Gasteiger partial charge in [0.15, 0.2) is 0 Å². The Kier molecular flexibility index (Phi) is 6.67. The van der Waals surface area contributed by atoms with Crippen LogP contribution in [0.3, 0.4) is 0 Å². The second kappa shape index (κ2) is 8.52. The lowest BCUT2D eigenvalue weighted by atomic mass is 10.2. The third-order valence-electron chi connectivity index (χ3n) is 3.39. The summed E-state index contributed by atoms with van der Waals surface area (Å²) in [5, 5.41) is 1.49. The largest absolute Gasteiger partial charge is 0.285 e. The van der Waals surface area contributed by atoms with Crippen LogP contribution in [-0.4, -0.2) is 0 Å². The highest BCUT2D eigenvalue weighted by molar-refractivity contribution is 7.99. The van der Waals surface area contributed by atoms with Gasteiger partial charge < -0.3 is 0 Å². The van der Waals surface area contributed by atoms with Crippen molar-refractivity contribution >= 4 is 35.0 Å². The van der Waals surface area contributed by atoms with Gasteiger partial charge in [-0.3, -0.25) is 9.59 Å². The van der Waals surface area contributed by atoms with Gasteiger partial charge >= 0.3 is 0 Å². The van der Waals surface area contributed by atoms with Gasteiger partial charge in [0.25, 0.3) is 0 Å². The molecule has 0 saturated heterocycles. The van der Waals surface area contributed by atoms with Crippen molar-refractivity contribution in [3.63, 3.8) is 0 Å². The van der Waals surface area contributed by atoms with Crippen molar-refractivity contribution in [3.05, 3.63) is 90.2 Å². The predicted octanol–water partition coefficient (Wildman–Crippen LogP) is 5.41. The Balaban J connectivity index is 0.000000198. The molecule has 3 rings (SSSR count). The molecule has 124 valence electrons. The van der Waals surface area contributed by atoms with Gasteiger partial charge in [-0.05, 0) is 50.6 Å². The van der Waals surface area contributed by atoms with Crippen LogP contribution in [0.25, 0.3) is 0 Å². The number of hydrogen-bond acceptors (Lipinski definition) is 3. The van der Waals surface area contributed by atoms with Crippen molar-refractivity contribution in [1.82, 2.24) is 0 Å². The van der Waals surface area contributed by atoms with E-state index in [9.17, 15) is 9.59 Å². The number of rotatable bonds is 2. The number of halogens is 2. The zero-order valence-corrected chi connectivity index (χ0v) is 15.6. The molecule has 0 amide bonds. The monoisotopic (exact) mass is 378 g/mol. The lowest BCUT2D eigenvalue weighted by Crippen LogP contribution is -2.35. The van der Waals surface area contributed by atoms with E-state index in [1.165, 1.54) is 17.3 Å². The molecule has 0 spiro atoms. The van der Waals surface area contributed by atoms with E-state index in [1.807, 2.05) is 30.4 Å². The topological polar surface area (TPSA) is 34.1 Å². The smallest absolute Gasteiger partial charge is 0.240 e. The Hall–Kier alpha value is -1.55. The molecule has 0 fully saturated rings. The Morgan fingerprint density at radius 2 is 1.58 bits per heavy atom. The Morgan fingerprint density at radius 1 is 0.917 bits per heavy atom. The highest BCUT2D eigenvalue weighted by atomic mass is 35.5. The van der Waals surface area contributed by atoms with Crippen LogP contribution in [0.15, 0.2) is 78.6 Å². The SMILES string of the molecule is CC1=CCC=C(Cl)C=C1.Cc1c(Sc2ccc(Cl)cc2)c(=O)c1=O. The molecule has 0 atom stereocenters. The van der Waals surface area contributed by atoms with Crippen molar-refractivity contribution in [3.8, 4) is 0 Å². The van der Waals surface area contributed by atoms with Crippen LogP contribution in [0.4, 0.5) is 0 Å². The van der Waals surface area contributed by atoms with Gasteiger partial charge in [-0.15, -0.1) is 0 Å². The molecule has 24 heavy (non-hydrogen) atoms. The minimum absolute atomic E-state index is 0.369. The number of hydrogen-bond donors (Lipinski definition) is 0. The van der Waals surface area contributed by atoms with Crippen LogP contribution >= 0.6 is 35.0 Å². The average Bonchev–Trinajstić information content (AvgIpc) is 2.77. The normalized spacial score (nSPS) is 13.7. The molecule has 1 aliphatic carbocycles. The summed E-state index contributed by atoms with van der Waals surface area (Å²) in [6, 6.07) is 7.15. The molecule has 2 aromatic rings. The molecule has 0 aromatic heterocycles. The van der Waals surface area contributed by atoms with E-state index in [0.29, 0.717) is 15.5 Å². The van der Waals surface area contributed by atoms with Crippen LogP contribution in [0.5, 0.6) is 0 Å². The van der Waals surface area contributed by atoms with Gasteiger partial charge in [0.05, 0.1) is 4.90 Å². The third-order valence-corrected chi connectivity index (χ3v) is 5.12. The highest BCUT2D eigenvalue weighted by Gasteiger charge is 2.17. The molecule has 5 heteroatoms. The van der Waals surface area contributed by atoms with Crippen LogP contribution in [-0.2, 0) is 0 Å². The standard InChI is InChI=1S/C11H7ClO2S.C8H9Cl/c1-6-9(13)10(14)11(6)15-8-4-2-7(12)3-5-8;1-7-3-2-4-8(9)6-5-7/h2-5H,1H3;3-6H,2H2,1H3. The fourth-order valence-electron chi connectivity index (χ4n) is 1.93. The Labute approximate surface area is 155 Å². The lowest BCUT2D eigenvalue weighted by molar-refractivity contribution is 1.11. The van der Waals surface area contributed by atoms with Gasteiger partial charge in [0.2, 0.25) is 10.9 Å². The minimum Gasteiger partial charge on any atom is -0.285 e. The maximum atomic E-state index is 11.2. The molecule has 0 N–H and O–H groups in total. The van der Waals surface area contributed by atoms with Gasteiger partial charge in [0.1, 0.15) is 0 Å².